The van der Waals surface area contributed by atoms with E-state index < -0.39 is 10.0 Å². The number of nitrogens with zero attached hydrogens (tertiary/aromatic N) is 3. The van der Waals surface area contributed by atoms with E-state index in [9.17, 15) is 13.7 Å². The Morgan fingerprint density at radius 2 is 1.79 bits per heavy atom. The van der Waals surface area contributed by atoms with E-state index in [4.69, 9.17) is 16.7 Å². The Bertz CT molecular complexity index is 932. The Labute approximate surface area is 144 Å². The highest BCUT2D eigenvalue weighted by atomic mass is 35.5. The zero-order chi connectivity index (χ0) is 17.3. The quantitative estimate of drug-likeness (QED) is 0.907. The molecule has 1 atom stereocenters. The normalized spacial score (nSPS) is 17.5. The molecular weight excluding hydrogens is 348 g/mol. The van der Waals surface area contributed by atoms with Gasteiger partial charge < -0.3 is 0 Å². The van der Waals surface area contributed by atoms with Gasteiger partial charge in [-0.2, -0.15) is 10.4 Å². The molecule has 1 heterocycles. The lowest BCUT2D eigenvalue weighted by Gasteiger charge is -2.14. The van der Waals surface area contributed by atoms with Crippen molar-refractivity contribution >= 4 is 33.0 Å². The number of benzene rings is 2. The van der Waals surface area contributed by atoms with Gasteiger partial charge in [0.15, 0.2) is 0 Å². The largest absolute Gasteiger partial charge is 0.263 e. The number of hydrogen-bond donors (Lipinski definition) is 1. The lowest BCUT2D eigenvalue weighted by atomic mass is 9.99. The third-order valence-electron chi connectivity index (χ3n) is 3.67. The molecule has 0 unspecified atom stereocenters. The van der Waals surface area contributed by atoms with E-state index in [0.717, 1.165) is 5.56 Å². The molecule has 1 aliphatic rings. The van der Waals surface area contributed by atoms with Gasteiger partial charge in [-0.3, -0.25) is 5.01 Å². The number of sulfonamides is 1. The molecule has 0 aliphatic carbocycles. The van der Waals surface area contributed by atoms with Crippen LogP contribution in [0.25, 0.3) is 0 Å². The standard InChI is InChI=1S/C16H13ClN4O2S/c17-13-3-1-11(2-4-13)16-12(9-18)10-21(20-16)14-5-7-15(8-6-14)24(19,22)23/h1-8,12H,10H2,(H2,19,22,23)/t12-/m1/s1. The minimum Gasteiger partial charge on any atom is -0.263 e. The van der Waals surface area contributed by atoms with E-state index in [1.54, 1.807) is 29.3 Å². The molecule has 2 aromatic carbocycles. The van der Waals surface area contributed by atoms with Crippen LogP contribution < -0.4 is 10.1 Å². The van der Waals surface area contributed by atoms with Crippen LogP contribution in [0.3, 0.4) is 0 Å². The first kappa shape index (κ1) is 16.5. The van der Waals surface area contributed by atoms with Gasteiger partial charge in [-0.05, 0) is 42.0 Å². The first-order valence-electron chi connectivity index (χ1n) is 7.03. The summed E-state index contributed by atoms with van der Waals surface area (Å²) in [5.41, 5.74) is 2.17. The van der Waals surface area contributed by atoms with Crippen molar-refractivity contribution in [3.05, 3.63) is 59.1 Å². The van der Waals surface area contributed by atoms with E-state index in [-0.39, 0.29) is 10.8 Å². The third kappa shape index (κ3) is 3.26. The fraction of sp³-hybridized carbons (Fsp3) is 0.125. The lowest BCUT2D eigenvalue weighted by Crippen LogP contribution is -2.18. The summed E-state index contributed by atoms with van der Waals surface area (Å²) in [7, 11) is -3.74. The first-order valence-corrected chi connectivity index (χ1v) is 8.95. The number of primary sulfonamides is 1. The van der Waals surface area contributed by atoms with Gasteiger partial charge in [0.1, 0.15) is 5.92 Å². The number of hydrogen-bond acceptors (Lipinski definition) is 5. The molecule has 8 heteroatoms. The summed E-state index contributed by atoms with van der Waals surface area (Å²) in [6.07, 6.45) is 0. The molecule has 0 radical (unpaired) electrons. The van der Waals surface area contributed by atoms with Crippen molar-refractivity contribution in [3.63, 3.8) is 0 Å². The van der Waals surface area contributed by atoms with Crippen LogP contribution in [-0.2, 0) is 10.0 Å². The van der Waals surface area contributed by atoms with Gasteiger partial charge in [0.2, 0.25) is 10.0 Å². The van der Waals surface area contributed by atoms with Crippen LogP contribution in [0, 0.1) is 17.2 Å². The summed E-state index contributed by atoms with van der Waals surface area (Å²) in [4.78, 5) is 0.0317. The molecule has 0 fully saturated rings. The molecule has 122 valence electrons. The predicted molar refractivity (Wildman–Crippen MR) is 92.3 cm³/mol. The minimum absolute atomic E-state index is 0.0317. The summed E-state index contributed by atoms with van der Waals surface area (Å²) < 4.78 is 22.6. The Morgan fingerprint density at radius 3 is 2.33 bits per heavy atom. The van der Waals surface area contributed by atoms with E-state index in [0.29, 0.717) is 23.0 Å². The molecule has 24 heavy (non-hydrogen) atoms. The molecule has 0 saturated heterocycles. The van der Waals surface area contributed by atoms with Crippen molar-refractivity contribution in [1.29, 1.82) is 5.26 Å². The minimum atomic E-state index is -3.74. The highest BCUT2D eigenvalue weighted by molar-refractivity contribution is 7.89. The highest BCUT2D eigenvalue weighted by Crippen LogP contribution is 2.26. The van der Waals surface area contributed by atoms with Crippen molar-refractivity contribution < 1.29 is 8.42 Å². The van der Waals surface area contributed by atoms with Crippen molar-refractivity contribution in [2.24, 2.45) is 16.2 Å². The topological polar surface area (TPSA) is 99.5 Å². The maximum absolute atomic E-state index is 11.3. The second-order valence-electron chi connectivity index (χ2n) is 5.29. The highest BCUT2D eigenvalue weighted by Gasteiger charge is 2.28. The van der Waals surface area contributed by atoms with Crippen LogP contribution in [0.5, 0.6) is 0 Å². The number of nitrogens with two attached hydrogens (primary N) is 1. The van der Waals surface area contributed by atoms with Crippen molar-refractivity contribution in [3.8, 4) is 6.07 Å². The van der Waals surface area contributed by atoms with Crippen molar-refractivity contribution in [2.45, 2.75) is 4.90 Å². The third-order valence-corrected chi connectivity index (χ3v) is 4.85. The smallest absolute Gasteiger partial charge is 0.238 e. The van der Waals surface area contributed by atoms with Gasteiger partial charge in [-0.15, -0.1) is 0 Å². The van der Waals surface area contributed by atoms with Gasteiger partial charge in [0.05, 0.1) is 28.9 Å². The number of halogens is 1. The Morgan fingerprint density at radius 1 is 1.17 bits per heavy atom. The van der Waals surface area contributed by atoms with Gasteiger partial charge in [0.25, 0.3) is 0 Å². The Balaban J connectivity index is 1.93. The maximum atomic E-state index is 11.3. The zero-order valence-corrected chi connectivity index (χ0v) is 14.0. The second kappa shape index (κ2) is 6.24. The average molecular weight is 361 g/mol. The van der Waals surface area contributed by atoms with Gasteiger partial charge >= 0.3 is 0 Å². The van der Waals surface area contributed by atoms with Crippen molar-refractivity contribution in [1.82, 2.24) is 0 Å². The SMILES string of the molecule is N#C[C@@H]1CN(c2ccc(S(N)(=O)=O)cc2)N=C1c1ccc(Cl)cc1. The molecule has 0 spiro atoms. The monoisotopic (exact) mass is 360 g/mol. The van der Waals surface area contributed by atoms with Gasteiger partial charge in [-0.1, -0.05) is 23.7 Å². The van der Waals surface area contributed by atoms with E-state index >= 15 is 0 Å². The number of hydrazone groups is 1. The van der Waals surface area contributed by atoms with Crippen LogP contribution in [0.4, 0.5) is 5.69 Å². The van der Waals surface area contributed by atoms with Crippen LogP contribution in [0.2, 0.25) is 5.02 Å². The summed E-state index contributed by atoms with van der Waals surface area (Å²) in [5, 5.41) is 21.3. The summed E-state index contributed by atoms with van der Waals surface area (Å²) in [6.45, 7) is 0.392. The summed E-state index contributed by atoms with van der Waals surface area (Å²) >= 11 is 5.89. The van der Waals surface area contributed by atoms with E-state index in [2.05, 4.69) is 11.2 Å². The molecule has 1 aliphatic heterocycles. The molecule has 2 N–H and O–H groups in total. The second-order valence-corrected chi connectivity index (χ2v) is 7.29. The van der Waals surface area contributed by atoms with E-state index in [1.165, 1.54) is 12.1 Å². The van der Waals surface area contributed by atoms with Gasteiger partial charge in [0, 0.05) is 5.02 Å². The molecule has 3 rings (SSSR count). The van der Waals surface area contributed by atoms with Crippen molar-refractivity contribution in [2.75, 3.05) is 11.6 Å². The predicted octanol–water partition coefficient (Wildman–Crippen LogP) is 2.35. The Hall–Kier alpha value is -2.40. The molecule has 0 saturated carbocycles. The fourth-order valence-corrected chi connectivity index (χ4v) is 3.09. The number of rotatable bonds is 3. The van der Waals surface area contributed by atoms with Crippen LogP contribution >= 0.6 is 11.6 Å². The summed E-state index contributed by atoms with van der Waals surface area (Å²) in [5.74, 6) is -0.385. The molecule has 6 nitrogen and oxygen atoms in total. The average Bonchev–Trinajstić information content (AvgIpc) is 2.99. The fourth-order valence-electron chi connectivity index (χ4n) is 2.45. The molecule has 0 aromatic heterocycles. The molecule has 2 aromatic rings. The molecule has 0 bridgehead atoms. The first-order chi connectivity index (χ1) is 11.4. The molecular formula is C16H13ClN4O2S. The maximum Gasteiger partial charge on any atom is 0.238 e. The number of nitriles is 1. The van der Waals surface area contributed by atoms with Gasteiger partial charge in [-0.25, -0.2) is 13.6 Å². The van der Waals surface area contributed by atoms with Crippen LogP contribution in [0.1, 0.15) is 5.56 Å². The zero-order valence-electron chi connectivity index (χ0n) is 12.4. The van der Waals surface area contributed by atoms with E-state index in [1.807, 2.05) is 12.1 Å². The summed E-state index contributed by atoms with van der Waals surface area (Å²) in [6, 6.07) is 15.4. The van der Waals surface area contributed by atoms with Crippen LogP contribution in [0.15, 0.2) is 58.5 Å². The Kier molecular flexibility index (Phi) is 4.28. The molecule has 0 amide bonds. The lowest BCUT2D eigenvalue weighted by molar-refractivity contribution is 0.598. The van der Waals surface area contributed by atoms with Crippen LogP contribution in [-0.4, -0.2) is 20.7 Å². The number of anilines is 1.